The summed E-state index contributed by atoms with van der Waals surface area (Å²) < 4.78 is 0. The van der Waals surface area contributed by atoms with Crippen molar-refractivity contribution in [2.45, 2.75) is 78.1 Å². The summed E-state index contributed by atoms with van der Waals surface area (Å²) >= 11 is 0. The quantitative estimate of drug-likeness (QED) is 0.477. The third-order valence-corrected chi connectivity index (χ3v) is 6.52. The van der Waals surface area contributed by atoms with Gasteiger partial charge in [0.05, 0.1) is 0 Å². The van der Waals surface area contributed by atoms with Crippen LogP contribution in [0.5, 0.6) is 0 Å². The van der Waals surface area contributed by atoms with Gasteiger partial charge in [-0.15, -0.1) is 24.3 Å². The minimum atomic E-state index is 0. The first kappa shape index (κ1) is 29.2. The summed E-state index contributed by atoms with van der Waals surface area (Å²) in [6.07, 6.45) is 32.4. The van der Waals surface area contributed by atoms with Crippen LogP contribution in [0.25, 0.3) is 0 Å². The smallest absolute Gasteiger partial charge is 1.00 e. The Morgan fingerprint density at radius 1 is 0.759 bits per heavy atom. The zero-order chi connectivity index (χ0) is 18.2. The Labute approximate surface area is 212 Å². The zero-order valence-corrected chi connectivity index (χ0v) is 22.2. The van der Waals surface area contributed by atoms with Gasteiger partial charge >= 0.3 is 26.2 Å². The average molecular weight is 513 g/mol. The standard InChI is InChI=1S/2C13H19.2ClH.Zr/c2*1-2-3-6-11-9-12-7-4-5-8-13(12)10-11;;;/h2*4-5,7,9,11,13H,2-3,6,8,10H2,1H3;2*1H;/q2*-1;;;+4/p-2. The number of rotatable bonds is 6. The molecule has 0 amide bonds. The van der Waals surface area contributed by atoms with Crippen LogP contribution in [-0.2, 0) is 26.2 Å². The second kappa shape index (κ2) is 15.9. The van der Waals surface area contributed by atoms with Crippen molar-refractivity contribution in [2.24, 2.45) is 23.7 Å². The van der Waals surface area contributed by atoms with E-state index in [4.69, 9.17) is 0 Å². The van der Waals surface area contributed by atoms with Crippen molar-refractivity contribution in [3.8, 4) is 0 Å². The molecule has 0 radical (unpaired) electrons. The third kappa shape index (κ3) is 9.05. The molecule has 2 fully saturated rings. The molecule has 0 bridgehead atoms. The van der Waals surface area contributed by atoms with Crippen LogP contribution in [0.2, 0.25) is 0 Å². The van der Waals surface area contributed by atoms with Crippen LogP contribution in [0.3, 0.4) is 0 Å². The number of hydrogen-bond acceptors (Lipinski definition) is 0. The normalized spacial score (nSPS) is 27.8. The van der Waals surface area contributed by atoms with E-state index >= 15 is 0 Å². The molecule has 160 valence electrons. The number of fused-ring (bicyclic) bond motifs is 2. The molecule has 4 unspecified atom stereocenters. The van der Waals surface area contributed by atoms with Crippen molar-refractivity contribution in [1.29, 1.82) is 0 Å². The van der Waals surface area contributed by atoms with Gasteiger partial charge in [0.1, 0.15) is 0 Å². The SMILES string of the molecule is CCCCC1[CH-]C2=CC=CCC2C1.CCCCC1[CH-]C2=CC=CCC2C1.[Cl-].[Cl-].[Zr+4]. The van der Waals surface area contributed by atoms with Crippen LogP contribution in [0.1, 0.15) is 78.1 Å². The van der Waals surface area contributed by atoms with Crippen LogP contribution >= 0.6 is 0 Å². The largest absolute Gasteiger partial charge is 4.00 e. The van der Waals surface area contributed by atoms with Crippen molar-refractivity contribution in [2.75, 3.05) is 0 Å². The van der Waals surface area contributed by atoms with Crippen molar-refractivity contribution in [1.82, 2.24) is 0 Å². The summed E-state index contributed by atoms with van der Waals surface area (Å²) in [6.45, 7) is 4.56. The zero-order valence-electron chi connectivity index (χ0n) is 18.3. The Hall–Kier alpha value is 0.163. The molecule has 0 aliphatic heterocycles. The predicted octanol–water partition coefficient (Wildman–Crippen LogP) is 1.81. The van der Waals surface area contributed by atoms with Gasteiger partial charge in [0.15, 0.2) is 0 Å². The molecule has 0 heterocycles. The van der Waals surface area contributed by atoms with Crippen LogP contribution in [0.15, 0.2) is 47.6 Å². The first-order valence-electron chi connectivity index (χ1n) is 11.2. The Balaban J connectivity index is 0.000000490. The minimum absolute atomic E-state index is 0. The summed E-state index contributed by atoms with van der Waals surface area (Å²) in [5.74, 6) is 3.51. The van der Waals surface area contributed by atoms with Crippen LogP contribution in [0, 0.1) is 36.5 Å². The Morgan fingerprint density at radius 2 is 1.17 bits per heavy atom. The summed E-state index contributed by atoms with van der Waals surface area (Å²) in [4.78, 5) is 0. The van der Waals surface area contributed by atoms with Gasteiger partial charge in [0.2, 0.25) is 0 Å². The molecule has 4 atom stereocenters. The van der Waals surface area contributed by atoms with Gasteiger partial charge in [-0.2, -0.15) is 0 Å². The van der Waals surface area contributed by atoms with E-state index in [1.54, 1.807) is 11.1 Å². The van der Waals surface area contributed by atoms with Crippen LogP contribution in [-0.4, -0.2) is 0 Å². The Bertz CT molecular complexity index is 511. The second-order valence-corrected chi connectivity index (χ2v) is 8.66. The molecule has 4 aliphatic carbocycles. The molecule has 0 spiro atoms. The number of halogens is 2. The van der Waals surface area contributed by atoms with Crippen LogP contribution in [0.4, 0.5) is 0 Å². The van der Waals surface area contributed by atoms with Gasteiger partial charge < -0.3 is 24.8 Å². The maximum atomic E-state index is 2.52. The molecule has 0 nitrogen and oxygen atoms in total. The van der Waals surface area contributed by atoms with E-state index in [0.717, 1.165) is 23.7 Å². The molecule has 4 aliphatic rings. The van der Waals surface area contributed by atoms with Crippen molar-refractivity contribution < 1.29 is 51.0 Å². The Kier molecular flexibility index (Phi) is 16.0. The van der Waals surface area contributed by atoms with Crippen molar-refractivity contribution in [3.63, 3.8) is 0 Å². The van der Waals surface area contributed by atoms with Gasteiger partial charge in [-0.3, -0.25) is 0 Å². The second-order valence-electron chi connectivity index (χ2n) is 8.66. The molecule has 2 saturated carbocycles. The number of allylic oxidation sites excluding steroid dienone is 8. The van der Waals surface area contributed by atoms with E-state index in [-0.39, 0.29) is 51.0 Å². The van der Waals surface area contributed by atoms with E-state index in [2.05, 4.69) is 63.1 Å². The fourth-order valence-electron chi connectivity index (χ4n) is 4.98. The first-order chi connectivity index (χ1) is 12.8. The van der Waals surface area contributed by atoms with E-state index < -0.39 is 0 Å². The maximum Gasteiger partial charge on any atom is 4.00 e. The molecular weight excluding hydrogens is 474 g/mol. The van der Waals surface area contributed by atoms with Crippen LogP contribution < -0.4 is 24.8 Å². The fourth-order valence-corrected chi connectivity index (χ4v) is 4.98. The molecular formula is C26H38Cl2Zr. The van der Waals surface area contributed by atoms with Gasteiger partial charge in [0, 0.05) is 0 Å². The van der Waals surface area contributed by atoms with E-state index in [1.165, 1.54) is 64.2 Å². The average Bonchev–Trinajstić information content (AvgIpc) is 3.28. The van der Waals surface area contributed by atoms with Gasteiger partial charge in [-0.05, 0) is 24.7 Å². The monoisotopic (exact) mass is 510 g/mol. The van der Waals surface area contributed by atoms with Crippen molar-refractivity contribution >= 4 is 0 Å². The summed E-state index contributed by atoms with van der Waals surface area (Å²) in [5.41, 5.74) is 3.23. The summed E-state index contributed by atoms with van der Waals surface area (Å²) in [5, 5.41) is 0. The minimum Gasteiger partial charge on any atom is -1.00 e. The number of unbranched alkanes of at least 4 members (excludes halogenated alkanes) is 2. The van der Waals surface area contributed by atoms with Gasteiger partial charge in [-0.1, -0.05) is 77.0 Å². The third-order valence-electron chi connectivity index (χ3n) is 6.52. The molecule has 0 saturated heterocycles. The van der Waals surface area contributed by atoms with Gasteiger partial charge in [-0.25, -0.2) is 36.1 Å². The fraction of sp³-hybridized carbons (Fsp3) is 0.615. The molecule has 4 rings (SSSR count). The molecule has 0 aromatic heterocycles. The van der Waals surface area contributed by atoms with Crippen molar-refractivity contribution in [3.05, 3.63) is 60.4 Å². The molecule has 3 heteroatoms. The van der Waals surface area contributed by atoms with E-state index in [9.17, 15) is 0 Å². The molecule has 0 N–H and O–H groups in total. The van der Waals surface area contributed by atoms with Gasteiger partial charge in [0.25, 0.3) is 0 Å². The molecule has 0 aromatic rings. The summed E-state index contributed by atoms with van der Waals surface area (Å²) in [7, 11) is 0. The topological polar surface area (TPSA) is 0 Å². The molecule has 0 aromatic carbocycles. The predicted molar refractivity (Wildman–Crippen MR) is 115 cm³/mol. The van der Waals surface area contributed by atoms with E-state index in [0.29, 0.717) is 0 Å². The molecule has 29 heavy (non-hydrogen) atoms. The maximum absolute atomic E-state index is 2.52. The Morgan fingerprint density at radius 3 is 1.52 bits per heavy atom. The summed E-state index contributed by atoms with van der Waals surface area (Å²) in [6, 6.07) is 0. The first-order valence-corrected chi connectivity index (χ1v) is 11.2. The van der Waals surface area contributed by atoms with E-state index in [1.807, 2.05) is 0 Å². The number of hydrogen-bond donors (Lipinski definition) is 0.